The molecule has 0 radical (unpaired) electrons. The van der Waals surface area contributed by atoms with Crippen molar-refractivity contribution in [2.45, 2.75) is 26.4 Å². The molecule has 5 heteroatoms. The second kappa shape index (κ2) is 5.72. The predicted molar refractivity (Wildman–Crippen MR) is 57.3 cm³/mol. The zero-order chi connectivity index (χ0) is 13.0. The second-order valence-corrected chi connectivity index (χ2v) is 3.49. The minimum absolute atomic E-state index is 0.0630. The number of ether oxygens (including phenoxy) is 1. The van der Waals surface area contributed by atoms with Gasteiger partial charge >= 0.3 is 5.97 Å². The molecule has 3 nitrogen and oxygen atoms in total. The van der Waals surface area contributed by atoms with Crippen molar-refractivity contribution in [3.63, 3.8) is 0 Å². The number of rotatable bonds is 4. The molecular formula is C12H14F2O3. The second-order valence-electron chi connectivity index (χ2n) is 3.49. The first-order valence-corrected chi connectivity index (χ1v) is 5.33. The topological polar surface area (TPSA) is 46.5 Å². The number of aryl methyl sites for hydroxylation is 1. The fourth-order valence-electron chi connectivity index (χ4n) is 1.42. The third kappa shape index (κ3) is 3.00. The zero-order valence-corrected chi connectivity index (χ0v) is 9.67. The molecule has 0 spiro atoms. The van der Waals surface area contributed by atoms with Crippen molar-refractivity contribution in [2.24, 2.45) is 0 Å². The van der Waals surface area contributed by atoms with Crippen molar-refractivity contribution < 1.29 is 23.4 Å². The number of aliphatic hydroxyl groups is 1. The number of benzene rings is 1. The molecule has 0 fully saturated rings. The van der Waals surface area contributed by atoms with Gasteiger partial charge in [-0.15, -0.1) is 0 Å². The predicted octanol–water partition coefficient (Wildman–Crippen LogP) is 2.12. The van der Waals surface area contributed by atoms with E-state index in [4.69, 9.17) is 0 Å². The van der Waals surface area contributed by atoms with Gasteiger partial charge in [0.2, 0.25) is 0 Å². The van der Waals surface area contributed by atoms with E-state index in [2.05, 4.69) is 4.74 Å². The van der Waals surface area contributed by atoms with Crippen LogP contribution in [0.25, 0.3) is 0 Å². The Morgan fingerprint density at radius 1 is 1.41 bits per heavy atom. The largest absolute Gasteiger partial charge is 0.464 e. The molecule has 1 rings (SSSR count). The highest BCUT2D eigenvalue weighted by molar-refractivity contribution is 5.76. The van der Waals surface area contributed by atoms with E-state index < -0.39 is 23.7 Å². The van der Waals surface area contributed by atoms with Gasteiger partial charge in [-0.05, 0) is 31.0 Å². The van der Waals surface area contributed by atoms with Crippen LogP contribution in [0.2, 0.25) is 0 Å². The van der Waals surface area contributed by atoms with E-state index in [1.165, 1.54) is 6.07 Å². The Morgan fingerprint density at radius 3 is 2.59 bits per heavy atom. The van der Waals surface area contributed by atoms with E-state index in [1.807, 2.05) is 0 Å². The lowest BCUT2D eigenvalue weighted by molar-refractivity contribution is -0.153. The standard InChI is InChI=1S/C12H14F2O3/c1-3-7-5-8(10(14)9(13)6-7)11(15)12(16)17-4-2/h5-6,11,15H,3-4H2,1-2H3. The molecule has 1 unspecified atom stereocenters. The van der Waals surface area contributed by atoms with Gasteiger partial charge in [-0.1, -0.05) is 6.92 Å². The number of esters is 1. The number of carbonyl (C=O) groups excluding carboxylic acids is 1. The minimum Gasteiger partial charge on any atom is -0.464 e. The molecule has 0 saturated carbocycles. The van der Waals surface area contributed by atoms with Gasteiger partial charge in [-0.2, -0.15) is 0 Å². The normalized spacial score (nSPS) is 12.3. The average molecular weight is 244 g/mol. The lowest BCUT2D eigenvalue weighted by atomic mass is 10.0. The molecule has 17 heavy (non-hydrogen) atoms. The third-order valence-corrected chi connectivity index (χ3v) is 2.33. The molecular weight excluding hydrogens is 230 g/mol. The maximum Gasteiger partial charge on any atom is 0.339 e. The SMILES string of the molecule is CCOC(=O)C(O)c1cc(CC)cc(F)c1F. The lowest BCUT2D eigenvalue weighted by Crippen LogP contribution is -2.17. The highest BCUT2D eigenvalue weighted by atomic mass is 19.2. The average Bonchev–Trinajstić information content (AvgIpc) is 2.31. The molecule has 0 aliphatic heterocycles. The molecule has 1 atom stereocenters. The fraction of sp³-hybridized carbons (Fsp3) is 0.417. The Balaban J connectivity index is 3.11. The highest BCUT2D eigenvalue weighted by Gasteiger charge is 2.24. The Bertz CT molecular complexity index is 418. The highest BCUT2D eigenvalue weighted by Crippen LogP contribution is 2.23. The summed E-state index contributed by atoms with van der Waals surface area (Å²) in [5, 5.41) is 9.56. The molecule has 1 N–H and O–H groups in total. The summed E-state index contributed by atoms with van der Waals surface area (Å²) in [6.07, 6.45) is -1.32. The van der Waals surface area contributed by atoms with Gasteiger partial charge in [0.15, 0.2) is 17.7 Å². The summed E-state index contributed by atoms with van der Waals surface area (Å²) in [7, 11) is 0. The third-order valence-electron chi connectivity index (χ3n) is 2.33. The van der Waals surface area contributed by atoms with E-state index in [0.29, 0.717) is 12.0 Å². The first-order chi connectivity index (χ1) is 8.01. The number of hydrogen-bond donors (Lipinski definition) is 1. The number of halogens is 2. The Morgan fingerprint density at radius 2 is 2.06 bits per heavy atom. The summed E-state index contributed by atoms with van der Waals surface area (Å²) in [5.74, 6) is -3.29. The van der Waals surface area contributed by atoms with Gasteiger partial charge in [0.1, 0.15) is 0 Å². The van der Waals surface area contributed by atoms with Gasteiger partial charge in [-0.25, -0.2) is 13.6 Å². The summed E-state index contributed by atoms with van der Waals surface area (Å²) in [4.78, 5) is 11.2. The lowest BCUT2D eigenvalue weighted by Gasteiger charge is -2.12. The molecule has 1 aromatic rings. The molecule has 0 heterocycles. The van der Waals surface area contributed by atoms with Crippen molar-refractivity contribution in [3.8, 4) is 0 Å². The van der Waals surface area contributed by atoms with Crippen LogP contribution in [0.1, 0.15) is 31.1 Å². The van der Waals surface area contributed by atoms with E-state index >= 15 is 0 Å². The molecule has 0 aliphatic rings. The van der Waals surface area contributed by atoms with Crippen molar-refractivity contribution >= 4 is 5.97 Å². The van der Waals surface area contributed by atoms with Crippen molar-refractivity contribution in [2.75, 3.05) is 6.61 Å². The van der Waals surface area contributed by atoms with Gasteiger partial charge in [0.05, 0.1) is 6.61 Å². The minimum atomic E-state index is -1.80. The molecule has 0 aromatic heterocycles. The Labute approximate surface area is 98.0 Å². The maximum atomic E-state index is 13.4. The maximum absolute atomic E-state index is 13.4. The van der Waals surface area contributed by atoms with E-state index in [9.17, 15) is 18.7 Å². The van der Waals surface area contributed by atoms with Crippen LogP contribution in [-0.2, 0) is 16.0 Å². The van der Waals surface area contributed by atoms with Crippen LogP contribution in [0.5, 0.6) is 0 Å². The van der Waals surface area contributed by atoms with Crippen LogP contribution in [0.3, 0.4) is 0 Å². The van der Waals surface area contributed by atoms with Crippen LogP contribution in [0.15, 0.2) is 12.1 Å². The molecule has 0 aliphatic carbocycles. The molecule has 0 amide bonds. The van der Waals surface area contributed by atoms with Gasteiger partial charge in [0.25, 0.3) is 0 Å². The van der Waals surface area contributed by atoms with E-state index in [-0.39, 0.29) is 12.2 Å². The number of aliphatic hydroxyl groups excluding tert-OH is 1. The van der Waals surface area contributed by atoms with Crippen molar-refractivity contribution in [1.82, 2.24) is 0 Å². The summed E-state index contributed by atoms with van der Waals surface area (Å²) < 4.78 is 31.2. The van der Waals surface area contributed by atoms with E-state index in [0.717, 1.165) is 6.07 Å². The summed E-state index contributed by atoms with van der Waals surface area (Å²) in [6.45, 7) is 3.38. The number of hydrogen-bond acceptors (Lipinski definition) is 3. The molecule has 0 saturated heterocycles. The first-order valence-electron chi connectivity index (χ1n) is 5.33. The smallest absolute Gasteiger partial charge is 0.339 e. The van der Waals surface area contributed by atoms with Gasteiger partial charge in [-0.3, -0.25) is 0 Å². The van der Waals surface area contributed by atoms with Crippen LogP contribution in [0.4, 0.5) is 8.78 Å². The van der Waals surface area contributed by atoms with Crippen LogP contribution in [0, 0.1) is 11.6 Å². The number of carbonyl (C=O) groups is 1. The van der Waals surface area contributed by atoms with Crippen LogP contribution < -0.4 is 0 Å². The fourth-order valence-corrected chi connectivity index (χ4v) is 1.42. The Hall–Kier alpha value is -1.49. The first kappa shape index (κ1) is 13.6. The summed E-state index contributed by atoms with van der Waals surface area (Å²) in [6, 6.07) is 2.30. The molecule has 94 valence electrons. The van der Waals surface area contributed by atoms with Gasteiger partial charge < -0.3 is 9.84 Å². The van der Waals surface area contributed by atoms with E-state index in [1.54, 1.807) is 13.8 Å². The molecule has 1 aromatic carbocycles. The van der Waals surface area contributed by atoms with Crippen molar-refractivity contribution in [3.05, 3.63) is 34.9 Å². The monoisotopic (exact) mass is 244 g/mol. The summed E-state index contributed by atoms with van der Waals surface area (Å²) in [5.41, 5.74) is 0.113. The van der Waals surface area contributed by atoms with Crippen LogP contribution in [-0.4, -0.2) is 17.7 Å². The summed E-state index contributed by atoms with van der Waals surface area (Å²) >= 11 is 0. The van der Waals surface area contributed by atoms with Crippen molar-refractivity contribution in [1.29, 1.82) is 0 Å². The van der Waals surface area contributed by atoms with Crippen LogP contribution >= 0.6 is 0 Å². The Kier molecular flexibility index (Phi) is 4.57. The quantitative estimate of drug-likeness (QED) is 0.825. The zero-order valence-electron chi connectivity index (χ0n) is 9.67. The van der Waals surface area contributed by atoms with Gasteiger partial charge in [0, 0.05) is 5.56 Å². The molecule has 0 bridgehead atoms.